The molecule has 1 aliphatic rings. The molecular formula is C14H17N5O2. The van der Waals surface area contributed by atoms with Crippen molar-refractivity contribution in [1.29, 1.82) is 0 Å². The molecule has 21 heavy (non-hydrogen) atoms. The van der Waals surface area contributed by atoms with Gasteiger partial charge >= 0.3 is 6.09 Å². The van der Waals surface area contributed by atoms with Gasteiger partial charge in [-0.05, 0) is 18.4 Å². The number of rotatable bonds is 3. The zero-order chi connectivity index (χ0) is 14.5. The van der Waals surface area contributed by atoms with E-state index in [2.05, 4.69) is 20.6 Å². The van der Waals surface area contributed by atoms with Crippen LogP contribution in [0.2, 0.25) is 0 Å². The Balaban J connectivity index is 1.47. The number of carbonyl (C=O) groups excluding carboxylic acids is 1. The Morgan fingerprint density at radius 3 is 2.71 bits per heavy atom. The number of aromatic amines is 1. The quantitative estimate of drug-likeness (QED) is 0.929. The zero-order valence-corrected chi connectivity index (χ0v) is 11.6. The molecule has 1 saturated heterocycles. The molecule has 1 aromatic carbocycles. The van der Waals surface area contributed by atoms with Gasteiger partial charge in [-0.15, -0.1) is 10.2 Å². The van der Waals surface area contributed by atoms with E-state index in [1.165, 1.54) is 0 Å². The Labute approximate surface area is 122 Å². The minimum atomic E-state index is -0.259. The summed E-state index contributed by atoms with van der Waals surface area (Å²) in [7, 11) is 0. The highest BCUT2D eigenvalue weighted by Gasteiger charge is 2.26. The van der Waals surface area contributed by atoms with Crippen molar-refractivity contribution in [2.45, 2.75) is 25.4 Å². The first-order valence-corrected chi connectivity index (χ1v) is 7.02. The number of amides is 1. The van der Waals surface area contributed by atoms with Crippen LogP contribution in [0.25, 0.3) is 0 Å². The van der Waals surface area contributed by atoms with Crippen molar-refractivity contribution in [3.05, 3.63) is 41.7 Å². The number of hydrogen-bond acceptors (Lipinski definition) is 5. The third kappa shape index (κ3) is 3.36. The van der Waals surface area contributed by atoms with E-state index in [1.807, 2.05) is 30.3 Å². The van der Waals surface area contributed by atoms with E-state index < -0.39 is 0 Å². The van der Waals surface area contributed by atoms with Crippen LogP contribution in [0.1, 0.15) is 30.1 Å². The number of nitrogens with zero attached hydrogens (tertiary/aromatic N) is 4. The molecule has 7 nitrogen and oxygen atoms in total. The molecule has 1 amide bonds. The lowest BCUT2D eigenvalue weighted by Crippen LogP contribution is -2.38. The summed E-state index contributed by atoms with van der Waals surface area (Å²) in [6.07, 6.45) is 1.41. The molecule has 1 fully saturated rings. The average molecular weight is 287 g/mol. The second kappa shape index (κ2) is 6.34. The maximum Gasteiger partial charge on any atom is 0.410 e. The van der Waals surface area contributed by atoms with Crippen LogP contribution < -0.4 is 0 Å². The van der Waals surface area contributed by atoms with Gasteiger partial charge in [0.15, 0.2) is 5.82 Å². The summed E-state index contributed by atoms with van der Waals surface area (Å²) in [5.74, 6) is 0.995. The topological polar surface area (TPSA) is 84.0 Å². The van der Waals surface area contributed by atoms with E-state index in [4.69, 9.17) is 4.74 Å². The fraction of sp³-hybridized carbons (Fsp3) is 0.429. The number of benzene rings is 1. The molecule has 7 heteroatoms. The second-order valence-electron chi connectivity index (χ2n) is 5.07. The number of carbonyl (C=O) groups is 1. The lowest BCUT2D eigenvalue weighted by atomic mass is 9.96. The molecule has 0 atom stereocenters. The molecule has 0 unspecified atom stereocenters. The van der Waals surface area contributed by atoms with Crippen molar-refractivity contribution in [2.75, 3.05) is 13.1 Å². The summed E-state index contributed by atoms with van der Waals surface area (Å²) >= 11 is 0. The number of ether oxygens (including phenoxy) is 1. The predicted octanol–water partition coefficient (Wildman–Crippen LogP) is 1.72. The molecule has 0 saturated carbocycles. The lowest BCUT2D eigenvalue weighted by molar-refractivity contribution is 0.0866. The van der Waals surface area contributed by atoms with Gasteiger partial charge in [-0.25, -0.2) is 4.79 Å². The molecule has 2 heterocycles. The molecule has 110 valence electrons. The summed E-state index contributed by atoms with van der Waals surface area (Å²) in [5.41, 5.74) is 0.993. The van der Waals surface area contributed by atoms with Crippen molar-refractivity contribution in [1.82, 2.24) is 25.5 Å². The fourth-order valence-electron chi connectivity index (χ4n) is 2.47. The third-order valence-corrected chi connectivity index (χ3v) is 3.69. The van der Waals surface area contributed by atoms with Gasteiger partial charge in [0.25, 0.3) is 0 Å². The molecule has 3 rings (SSSR count). The predicted molar refractivity (Wildman–Crippen MR) is 74.4 cm³/mol. The van der Waals surface area contributed by atoms with Crippen molar-refractivity contribution >= 4 is 6.09 Å². The first kappa shape index (κ1) is 13.5. The minimum Gasteiger partial charge on any atom is -0.445 e. The standard InChI is InChI=1S/C14H17N5O2/c20-14(21-10-11-4-2-1-3-5-11)19-8-6-12(7-9-19)13-15-17-18-16-13/h1-5,12H,6-10H2,(H,15,16,17,18). The number of hydrogen-bond donors (Lipinski definition) is 1. The highest BCUT2D eigenvalue weighted by atomic mass is 16.6. The molecule has 1 aromatic heterocycles. The van der Waals surface area contributed by atoms with Crippen LogP contribution in [0, 0.1) is 0 Å². The van der Waals surface area contributed by atoms with Crippen molar-refractivity contribution < 1.29 is 9.53 Å². The van der Waals surface area contributed by atoms with Gasteiger partial charge in [0.1, 0.15) is 6.61 Å². The maximum atomic E-state index is 12.0. The van der Waals surface area contributed by atoms with Crippen molar-refractivity contribution in [3.63, 3.8) is 0 Å². The largest absolute Gasteiger partial charge is 0.445 e. The number of likely N-dealkylation sites (tertiary alicyclic amines) is 1. The van der Waals surface area contributed by atoms with Crippen LogP contribution in [0.5, 0.6) is 0 Å². The van der Waals surface area contributed by atoms with E-state index in [0.717, 1.165) is 24.2 Å². The highest BCUT2D eigenvalue weighted by Crippen LogP contribution is 2.25. The fourth-order valence-corrected chi connectivity index (χ4v) is 2.47. The van der Waals surface area contributed by atoms with Gasteiger partial charge in [0.05, 0.1) is 0 Å². The molecule has 0 aliphatic carbocycles. The highest BCUT2D eigenvalue weighted by molar-refractivity contribution is 5.67. The van der Waals surface area contributed by atoms with Gasteiger partial charge < -0.3 is 9.64 Å². The van der Waals surface area contributed by atoms with Gasteiger partial charge in [0, 0.05) is 19.0 Å². The Morgan fingerprint density at radius 2 is 2.05 bits per heavy atom. The van der Waals surface area contributed by atoms with E-state index in [1.54, 1.807) is 4.90 Å². The van der Waals surface area contributed by atoms with Gasteiger partial charge in [0.2, 0.25) is 0 Å². The van der Waals surface area contributed by atoms with E-state index in [9.17, 15) is 4.79 Å². The normalized spacial score (nSPS) is 15.9. The molecular weight excluding hydrogens is 270 g/mol. The smallest absolute Gasteiger partial charge is 0.410 e. The van der Waals surface area contributed by atoms with Crippen LogP contribution in [0.4, 0.5) is 4.79 Å². The maximum absolute atomic E-state index is 12.0. The van der Waals surface area contributed by atoms with Crippen LogP contribution in [-0.4, -0.2) is 44.7 Å². The average Bonchev–Trinajstić information content (AvgIpc) is 3.08. The van der Waals surface area contributed by atoms with Gasteiger partial charge in [-0.1, -0.05) is 35.5 Å². The number of aromatic nitrogens is 4. The molecule has 0 radical (unpaired) electrons. The van der Waals surface area contributed by atoms with Gasteiger partial charge in [-0.3, -0.25) is 0 Å². The summed E-state index contributed by atoms with van der Waals surface area (Å²) in [5, 5.41) is 14.0. The van der Waals surface area contributed by atoms with Crippen LogP contribution >= 0.6 is 0 Å². The summed E-state index contributed by atoms with van der Waals surface area (Å²) < 4.78 is 5.33. The van der Waals surface area contributed by atoms with Gasteiger partial charge in [-0.2, -0.15) is 5.21 Å². The SMILES string of the molecule is O=C(OCc1ccccc1)N1CCC(c2nn[nH]n2)CC1. The molecule has 0 spiro atoms. The second-order valence-corrected chi connectivity index (χ2v) is 5.07. The number of tetrazole rings is 1. The molecule has 1 N–H and O–H groups in total. The van der Waals surface area contributed by atoms with Crippen LogP contribution in [-0.2, 0) is 11.3 Å². The van der Waals surface area contributed by atoms with E-state index in [-0.39, 0.29) is 12.0 Å². The third-order valence-electron chi connectivity index (χ3n) is 3.69. The number of nitrogens with one attached hydrogen (secondary N) is 1. The Kier molecular flexibility index (Phi) is 4.09. The minimum absolute atomic E-state index is 0.259. The summed E-state index contributed by atoms with van der Waals surface area (Å²) in [6.45, 7) is 1.63. The zero-order valence-electron chi connectivity index (χ0n) is 11.6. The van der Waals surface area contributed by atoms with E-state index in [0.29, 0.717) is 19.7 Å². The Bertz CT molecular complexity index is 564. The van der Waals surface area contributed by atoms with Crippen LogP contribution in [0.15, 0.2) is 30.3 Å². The molecule has 2 aromatic rings. The first-order chi connectivity index (χ1) is 10.3. The van der Waals surface area contributed by atoms with Crippen molar-refractivity contribution in [2.24, 2.45) is 0 Å². The molecule has 0 bridgehead atoms. The Hall–Kier alpha value is -2.44. The van der Waals surface area contributed by atoms with Crippen LogP contribution in [0.3, 0.4) is 0 Å². The lowest BCUT2D eigenvalue weighted by Gasteiger charge is -2.29. The Morgan fingerprint density at radius 1 is 1.29 bits per heavy atom. The summed E-state index contributed by atoms with van der Waals surface area (Å²) in [4.78, 5) is 13.8. The summed E-state index contributed by atoms with van der Waals surface area (Å²) in [6, 6.07) is 9.68. The van der Waals surface area contributed by atoms with E-state index >= 15 is 0 Å². The first-order valence-electron chi connectivity index (χ1n) is 7.02. The number of piperidine rings is 1. The van der Waals surface area contributed by atoms with Crippen molar-refractivity contribution in [3.8, 4) is 0 Å². The molecule has 1 aliphatic heterocycles. The monoisotopic (exact) mass is 287 g/mol. The number of H-pyrrole nitrogens is 1.